The summed E-state index contributed by atoms with van der Waals surface area (Å²) in [6, 6.07) is 0. The van der Waals surface area contributed by atoms with Crippen LogP contribution in [-0.4, -0.2) is 4.83 Å². The monoisotopic (exact) mass is 302 g/mol. The van der Waals surface area contributed by atoms with Crippen molar-refractivity contribution in [3.05, 3.63) is 12.7 Å². The number of unbranched alkanes of at least 4 members (excludes halogenated alkanes) is 9. The van der Waals surface area contributed by atoms with Gasteiger partial charge in [0, 0.05) is 4.83 Å². The van der Waals surface area contributed by atoms with Crippen LogP contribution in [0.1, 0.15) is 84.0 Å². The summed E-state index contributed by atoms with van der Waals surface area (Å²) in [5.74, 6) is 0. The highest BCUT2D eigenvalue weighted by Gasteiger charge is 2.00. The molecule has 0 spiro atoms. The van der Waals surface area contributed by atoms with Crippen LogP contribution in [0.5, 0.6) is 0 Å². The van der Waals surface area contributed by atoms with Crippen LogP contribution in [0.2, 0.25) is 0 Å². The molecule has 102 valence electrons. The van der Waals surface area contributed by atoms with E-state index in [1.807, 2.05) is 6.08 Å². The van der Waals surface area contributed by atoms with Crippen molar-refractivity contribution in [2.75, 3.05) is 0 Å². The van der Waals surface area contributed by atoms with Gasteiger partial charge in [0.15, 0.2) is 0 Å². The summed E-state index contributed by atoms with van der Waals surface area (Å²) in [4.78, 5) is 0.661. The van der Waals surface area contributed by atoms with Crippen LogP contribution in [0.25, 0.3) is 0 Å². The fraction of sp³-hybridized carbons (Fsp3) is 0.875. The predicted molar refractivity (Wildman–Crippen MR) is 84.0 cm³/mol. The van der Waals surface area contributed by atoms with Crippen LogP contribution in [-0.2, 0) is 0 Å². The first kappa shape index (κ1) is 17.2. The maximum absolute atomic E-state index is 3.77. The van der Waals surface area contributed by atoms with E-state index in [-0.39, 0.29) is 0 Å². The molecule has 0 radical (unpaired) electrons. The lowest BCUT2D eigenvalue weighted by atomic mass is 10.0. The zero-order valence-electron chi connectivity index (χ0n) is 11.7. The van der Waals surface area contributed by atoms with Gasteiger partial charge in [0.05, 0.1) is 0 Å². The van der Waals surface area contributed by atoms with E-state index in [4.69, 9.17) is 0 Å². The lowest BCUT2D eigenvalue weighted by molar-refractivity contribution is 0.548. The number of hydrogen-bond donors (Lipinski definition) is 0. The molecule has 0 aromatic rings. The van der Waals surface area contributed by atoms with E-state index >= 15 is 0 Å². The van der Waals surface area contributed by atoms with E-state index in [0.717, 1.165) is 6.42 Å². The normalized spacial score (nSPS) is 12.6. The van der Waals surface area contributed by atoms with Crippen molar-refractivity contribution in [2.45, 2.75) is 88.8 Å². The first-order valence-electron chi connectivity index (χ1n) is 7.56. The largest absolute Gasteiger partial charge is 0.103 e. The van der Waals surface area contributed by atoms with Crippen molar-refractivity contribution in [2.24, 2.45) is 0 Å². The zero-order valence-corrected chi connectivity index (χ0v) is 13.3. The van der Waals surface area contributed by atoms with Crippen molar-refractivity contribution < 1.29 is 0 Å². The van der Waals surface area contributed by atoms with Gasteiger partial charge in [-0.3, -0.25) is 0 Å². The third-order valence-electron chi connectivity index (χ3n) is 3.29. The van der Waals surface area contributed by atoms with Gasteiger partial charge in [-0.25, -0.2) is 0 Å². The van der Waals surface area contributed by atoms with Gasteiger partial charge in [0.25, 0.3) is 0 Å². The Hall–Kier alpha value is 0.220. The van der Waals surface area contributed by atoms with Crippen LogP contribution in [0.4, 0.5) is 0 Å². The Kier molecular flexibility index (Phi) is 14.5. The van der Waals surface area contributed by atoms with E-state index in [9.17, 15) is 0 Å². The molecule has 1 atom stereocenters. The molecule has 0 bridgehead atoms. The average Bonchev–Trinajstić information content (AvgIpc) is 2.32. The van der Waals surface area contributed by atoms with Gasteiger partial charge in [-0.2, -0.15) is 0 Å². The Morgan fingerprint density at radius 2 is 1.35 bits per heavy atom. The molecule has 0 aromatic heterocycles. The molecule has 1 heteroatoms. The minimum atomic E-state index is 0.661. The Morgan fingerprint density at radius 3 is 1.82 bits per heavy atom. The van der Waals surface area contributed by atoms with Crippen molar-refractivity contribution in [3.63, 3.8) is 0 Å². The molecule has 0 fully saturated rings. The topological polar surface area (TPSA) is 0 Å². The van der Waals surface area contributed by atoms with Gasteiger partial charge in [0.1, 0.15) is 0 Å². The molecule has 0 amide bonds. The number of rotatable bonds is 13. The second-order valence-corrected chi connectivity index (χ2v) is 6.39. The summed E-state index contributed by atoms with van der Waals surface area (Å²) in [5.41, 5.74) is 0. The van der Waals surface area contributed by atoms with Gasteiger partial charge >= 0.3 is 0 Å². The van der Waals surface area contributed by atoms with Crippen LogP contribution in [0, 0.1) is 0 Å². The summed E-state index contributed by atoms with van der Waals surface area (Å²) in [6.45, 7) is 6.05. The molecule has 0 N–H and O–H groups in total. The first-order chi connectivity index (χ1) is 8.31. The fourth-order valence-corrected chi connectivity index (χ4v) is 2.74. The molecule has 0 saturated heterocycles. The molecule has 0 heterocycles. The van der Waals surface area contributed by atoms with Gasteiger partial charge in [0.2, 0.25) is 0 Å². The molecule has 0 aliphatic carbocycles. The number of halogens is 1. The summed E-state index contributed by atoms with van der Waals surface area (Å²) in [7, 11) is 0. The van der Waals surface area contributed by atoms with Gasteiger partial charge < -0.3 is 0 Å². The van der Waals surface area contributed by atoms with E-state index in [0.29, 0.717) is 4.83 Å². The van der Waals surface area contributed by atoms with Crippen molar-refractivity contribution in [1.82, 2.24) is 0 Å². The summed E-state index contributed by atoms with van der Waals surface area (Å²) in [6.07, 6.45) is 18.7. The first-order valence-corrected chi connectivity index (χ1v) is 8.47. The third-order valence-corrected chi connectivity index (χ3v) is 4.12. The van der Waals surface area contributed by atoms with E-state index in [2.05, 4.69) is 29.4 Å². The second kappa shape index (κ2) is 14.3. The zero-order chi connectivity index (χ0) is 12.8. The maximum Gasteiger partial charge on any atom is 0.0180 e. The lowest BCUT2D eigenvalue weighted by Crippen LogP contribution is -1.95. The highest BCUT2D eigenvalue weighted by atomic mass is 79.9. The smallest absolute Gasteiger partial charge is 0.0180 e. The van der Waals surface area contributed by atoms with Gasteiger partial charge in [-0.05, 0) is 12.8 Å². The second-order valence-electron chi connectivity index (χ2n) is 5.09. The lowest BCUT2D eigenvalue weighted by Gasteiger charge is -2.06. The molecule has 0 rings (SSSR count). The highest BCUT2D eigenvalue weighted by molar-refractivity contribution is 9.09. The van der Waals surface area contributed by atoms with Crippen LogP contribution in [0.15, 0.2) is 12.7 Å². The van der Waals surface area contributed by atoms with Crippen LogP contribution < -0.4 is 0 Å². The van der Waals surface area contributed by atoms with E-state index in [1.165, 1.54) is 70.6 Å². The molecule has 0 nitrogen and oxygen atoms in total. The number of hydrogen-bond acceptors (Lipinski definition) is 0. The summed E-state index contributed by atoms with van der Waals surface area (Å²) < 4.78 is 0. The Labute approximate surface area is 117 Å². The third kappa shape index (κ3) is 14.2. The Morgan fingerprint density at radius 1 is 0.882 bits per heavy atom. The van der Waals surface area contributed by atoms with Gasteiger partial charge in [-0.15, -0.1) is 6.58 Å². The molecule has 0 aliphatic rings. The summed E-state index contributed by atoms with van der Waals surface area (Å²) >= 11 is 3.68. The maximum atomic E-state index is 3.77. The average molecular weight is 303 g/mol. The number of allylic oxidation sites excluding steroid dienone is 1. The Bertz CT molecular complexity index is 154. The van der Waals surface area contributed by atoms with E-state index < -0.39 is 0 Å². The highest BCUT2D eigenvalue weighted by Crippen LogP contribution is 2.16. The molecule has 0 aliphatic heterocycles. The van der Waals surface area contributed by atoms with Crippen molar-refractivity contribution in [3.8, 4) is 0 Å². The SMILES string of the molecule is C=CCC(Br)CCCCCCCCCCCC. The van der Waals surface area contributed by atoms with E-state index in [1.54, 1.807) is 0 Å². The van der Waals surface area contributed by atoms with Crippen LogP contribution in [0.3, 0.4) is 0 Å². The number of alkyl halides is 1. The Balaban J connectivity index is 3.00. The minimum absolute atomic E-state index is 0.661. The predicted octanol–water partition coefficient (Wildman–Crippen LogP) is 6.64. The molecule has 0 saturated carbocycles. The summed E-state index contributed by atoms with van der Waals surface area (Å²) in [5, 5.41) is 0. The molecule has 17 heavy (non-hydrogen) atoms. The van der Waals surface area contributed by atoms with Crippen molar-refractivity contribution >= 4 is 15.9 Å². The minimum Gasteiger partial charge on any atom is -0.103 e. The standard InChI is InChI=1S/C16H31Br/c1-3-5-6-7-8-9-10-11-12-13-15-16(17)14-4-2/h4,16H,2-3,5-15H2,1H3. The molecular formula is C16H31Br. The molecule has 1 unspecified atom stereocenters. The van der Waals surface area contributed by atoms with Crippen molar-refractivity contribution in [1.29, 1.82) is 0 Å². The van der Waals surface area contributed by atoms with Gasteiger partial charge in [-0.1, -0.05) is 93.1 Å². The molecular weight excluding hydrogens is 272 g/mol. The van der Waals surface area contributed by atoms with Crippen LogP contribution >= 0.6 is 15.9 Å². The molecule has 0 aromatic carbocycles. The quantitative estimate of drug-likeness (QED) is 0.203. The fourth-order valence-electron chi connectivity index (χ4n) is 2.15.